The summed E-state index contributed by atoms with van der Waals surface area (Å²) in [7, 11) is 0. The molecule has 1 aromatic rings. The van der Waals surface area contributed by atoms with Gasteiger partial charge in [-0.2, -0.15) is 0 Å². The molecule has 0 bridgehead atoms. The second-order valence-electron chi connectivity index (χ2n) is 5.05. The van der Waals surface area contributed by atoms with E-state index in [1.165, 1.54) is 0 Å². The molecule has 3 unspecified atom stereocenters. The molecule has 110 valence electrons. The van der Waals surface area contributed by atoms with E-state index in [1.807, 2.05) is 30.3 Å². The van der Waals surface area contributed by atoms with Gasteiger partial charge in [0, 0.05) is 6.04 Å². The van der Waals surface area contributed by atoms with Crippen LogP contribution in [0.15, 0.2) is 30.3 Å². The van der Waals surface area contributed by atoms with Crippen LogP contribution in [0.2, 0.25) is 0 Å². The highest BCUT2D eigenvalue weighted by atomic mass is 16.4. The Bertz CT molecular complexity index is 448. The normalized spacial score (nSPS) is 15.2. The van der Waals surface area contributed by atoms with Crippen molar-refractivity contribution in [2.24, 2.45) is 11.7 Å². The smallest absolute Gasteiger partial charge is 0.308 e. The Morgan fingerprint density at radius 1 is 1.25 bits per heavy atom. The number of nitrogens with two attached hydrogens (primary N) is 1. The molecule has 3 atom stereocenters. The Morgan fingerprint density at radius 2 is 1.85 bits per heavy atom. The van der Waals surface area contributed by atoms with Crippen molar-refractivity contribution < 1.29 is 14.7 Å². The quantitative estimate of drug-likeness (QED) is 0.698. The summed E-state index contributed by atoms with van der Waals surface area (Å²) in [4.78, 5) is 22.7. The molecule has 0 spiro atoms. The van der Waals surface area contributed by atoms with Gasteiger partial charge in [0.25, 0.3) is 0 Å². The van der Waals surface area contributed by atoms with Crippen molar-refractivity contribution in [1.82, 2.24) is 5.32 Å². The number of hydrogen-bond acceptors (Lipinski definition) is 3. The minimum Gasteiger partial charge on any atom is -0.481 e. The molecule has 0 aliphatic rings. The number of benzene rings is 1. The fourth-order valence-corrected chi connectivity index (χ4v) is 1.77. The van der Waals surface area contributed by atoms with Crippen LogP contribution in [0.3, 0.4) is 0 Å². The number of aryl methyl sites for hydroxylation is 1. The maximum Gasteiger partial charge on any atom is 0.308 e. The molecule has 0 aliphatic carbocycles. The first-order valence-corrected chi connectivity index (χ1v) is 6.74. The summed E-state index contributed by atoms with van der Waals surface area (Å²) in [5.74, 6) is -1.88. The molecule has 0 aromatic heterocycles. The van der Waals surface area contributed by atoms with Gasteiger partial charge < -0.3 is 16.2 Å². The number of amides is 1. The third kappa shape index (κ3) is 5.01. The molecule has 0 heterocycles. The lowest BCUT2D eigenvalue weighted by atomic mass is 10.0. The first-order chi connectivity index (χ1) is 9.41. The molecule has 20 heavy (non-hydrogen) atoms. The van der Waals surface area contributed by atoms with E-state index in [0.29, 0.717) is 6.42 Å². The fraction of sp³-hybridized carbons (Fsp3) is 0.467. The van der Waals surface area contributed by atoms with Crippen molar-refractivity contribution in [2.45, 2.75) is 38.8 Å². The topological polar surface area (TPSA) is 92.4 Å². The molecular formula is C15H22N2O3. The van der Waals surface area contributed by atoms with Crippen LogP contribution in [0, 0.1) is 5.92 Å². The molecule has 0 aliphatic heterocycles. The summed E-state index contributed by atoms with van der Waals surface area (Å²) >= 11 is 0. The summed E-state index contributed by atoms with van der Waals surface area (Å²) in [6, 6.07) is 8.72. The largest absolute Gasteiger partial charge is 0.481 e. The van der Waals surface area contributed by atoms with Gasteiger partial charge in [-0.1, -0.05) is 30.3 Å². The van der Waals surface area contributed by atoms with Crippen LogP contribution < -0.4 is 11.1 Å². The number of carboxylic acid groups (broad SMARTS) is 1. The highest BCUT2D eigenvalue weighted by Gasteiger charge is 2.23. The van der Waals surface area contributed by atoms with Crippen LogP contribution in [0.25, 0.3) is 0 Å². The van der Waals surface area contributed by atoms with Crippen LogP contribution in [-0.2, 0) is 16.0 Å². The van der Waals surface area contributed by atoms with Gasteiger partial charge in [0.2, 0.25) is 5.91 Å². The van der Waals surface area contributed by atoms with Gasteiger partial charge in [0.15, 0.2) is 0 Å². The van der Waals surface area contributed by atoms with E-state index in [4.69, 9.17) is 10.8 Å². The van der Waals surface area contributed by atoms with Crippen molar-refractivity contribution in [1.29, 1.82) is 0 Å². The SMILES string of the molecule is CC(NC(=O)C(N)CCc1ccccc1)C(C)C(=O)O. The second kappa shape index (κ2) is 7.65. The van der Waals surface area contributed by atoms with Crippen molar-refractivity contribution in [3.8, 4) is 0 Å². The molecular weight excluding hydrogens is 256 g/mol. The molecule has 5 nitrogen and oxygen atoms in total. The van der Waals surface area contributed by atoms with Crippen LogP contribution in [-0.4, -0.2) is 29.1 Å². The maximum absolute atomic E-state index is 11.9. The van der Waals surface area contributed by atoms with E-state index in [9.17, 15) is 9.59 Å². The highest BCUT2D eigenvalue weighted by Crippen LogP contribution is 2.06. The second-order valence-corrected chi connectivity index (χ2v) is 5.05. The van der Waals surface area contributed by atoms with E-state index in [1.54, 1.807) is 13.8 Å². The van der Waals surface area contributed by atoms with Gasteiger partial charge in [0.05, 0.1) is 12.0 Å². The third-order valence-electron chi connectivity index (χ3n) is 3.43. The number of nitrogens with one attached hydrogen (secondary N) is 1. The zero-order valence-corrected chi connectivity index (χ0v) is 11.9. The van der Waals surface area contributed by atoms with Gasteiger partial charge in [-0.3, -0.25) is 9.59 Å². The van der Waals surface area contributed by atoms with Gasteiger partial charge in [-0.25, -0.2) is 0 Å². The molecule has 1 aromatic carbocycles. The van der Waals surface area contributed by atoms with Crippen LogP contribution >= 0.6 is 0 Å². The minimum absolute atomic E-state index is 0.304. The lowest BCUT2D eigenvalue weighted by Gasteiger charge is -2.20. The zero-order chi connectivity index (χ0) is 15.1. The number of carboxylic acids is 1. The van der Waals surface area contributed by atoms with Gasteiger partial charge >= 0.3 is 5.97 Å². The molecule has 0 fully saturated rings. The Labute approximate surface area is 119 Å². The molecule has 1 rings (SSSR count). The number of rotatable bonds is 7. The first kappa shape index (κ1) is 16.2. The summed E-state index contributed by atoms with van der Waals surface area (Å²) in [6.45, 7) is 3.23. The van der Waals surface area contributed by atoms with E-state index in [0.717, 1.165) is 12.0 Å². The standard InChI is InChI=1S/C15H22N2O3/c1-10(15(19)20)11(2)17-14(18)13(16)9-8-12-6-4-3-5-7-12/h3-7,10-11,13H,8-9,16H2,1-2H3,(H,17,18)(H,19,20). The van der Waals surface area contributed by atoms with Crippen molar-refractivity contribution in [2.75, 3.05) is 0 Å². The Kier molecular flexibility index (Phi) is 6.18. The molecule has 0 saturated heterocycles. The average molecular weight is 278 g/mol. The van der Waals surface area contributed by atoms with Crippen LogP contribution in [0.1, 0.15) is 25.8 Å². The predicted molar refractivity (Wildman–Crippen MR) is 77.1 cm³/mol. The molecule has 1 amide bonds. The van der Waals surface area contributed by atoms with E-state index in [-0.39, 0.29) is 5.91 Å². The average Bonchev–Trinajstić information content (AvgIpc) is 2.44. The number of hydrogen-bond donors (Lipinski definition) is 3. The third-order valence-corrected chi connectivity index (χ3v) is 3.43. The van der Waals surface area contributed by atoms with Crippen molar-refractivity contribution >= 4 is 11.9 Å². The predicted octanol–water partition coefficient (Wildman–Crippen LogP) is 1.17. The zero-order valence-electron chi connectivity index (χ0n) is 11.9. The van der Waals surface area contributed by atoms with Crippen molar-refractivity contribution in [3.05, 3.63) is 35.9 Å². The summed E-state index contributed by atoms with van der Waals surface area (Å²) in [5.41, 5.74) is 6.96. The minimum atomic E-state index is -0.935. The molecule has 4 N–H and O–H groups in total. The van der Waals surface area contributed by atoms with Crippen molar-refractivity contribution in [3.63, 3.8) is 0 Å². The number of carbonyl (C=O) groups excluding carboxylic acids is 1. The van der Waals surface area contributed by atoms with Gasteiger partial charge in [-0.05, 0) is 32.3 Å². The number of carbonyl (C=O) groups is 2. The molecule has 5 heteroatoms. The summed E-state index contributed by atoms with van der Waals surface area (Å²) < 4.78 is 0. The summed E-state index contributed by atoms with van der Waals surface area (Å²) in [5, 5.41) is 11.5. The molecule has 0 saturated carbocycles. The molecule has 0 radical (unpaired) electrons. The Hall–Kier alpha value is -1.88. The fourth-order valence-electron chi connectivity index (χ4n) is 1.77. The summed E-state index contributed by atoms with van der Waals surface area (Å²) in [6.07, 6.45) is 1.25. The van der Waals surface area contributed by atoms with Gasteiger partial charge in [0.1, 0.15) is 0 Å². The monoisotopic (exact) mass is 278 g/mol. The van der Waals surface area contributed by atoms with Gasteiger partial charge in [-0.15, -0.1) is 0 Å². The van der Waals surface area contributed by atoms with E-state index >= 15 is 0 Å². The number of aliphatic carboxylic acids is 1. The van der Waals surface area contributed by atoms with Crippen LogP contribution in [0.4, 0.5) is 0 Å². The first-order valence-electron chi connectivity index (χ1n) is 6.74. The van der Waals surface area contributed by atoms with E-state index in [2.05, 4.69) is 5.32 Å². The van der Waals surface area contributed by atoms with Crippen LogP contribution in [0.5, 0.6) is 0 Å². The Balaban J connectivity index is 2.41. The maximum atomic E-state index is 11.9. The lowest BCUT2D eigenvalue weighted by molar-refractivity contribution is -0.142. The Morgan fingerprint density at radius 3 is 2.40 bits per heavy atom. The lowest BCUT2D eigenvalue weighted by Crippen LogP contribution is -2.47. The van der Waals surface area contributed by atoms with E-state index < -0.39 is 24.0 Å². The highest BCUT2D eigenvalue weighted by molar-refractivity contribution is 5.82.